The molecule has 0 aromatic rings. The first kappa shape index (κ1) is 33.5. The fourth-order valence-corrected chi connectivity index (χ4v) is 3.93. The molecular weight excluding hydrogens is 520 g/mol. The van der Waals surface area contributed by atoms with Gasteiger partial charge in [-0.15, -0.1) is 0 Å². The first-order chi connectivity index (χ1) is 17.5. The fourth-order valence-electron chi connectivity index (χ4n) is 3.93. The molecule has 1 unspecified atom stereocenters. The van der Waals surface area contributed by atoms with Crippen molar-refractivity contribution in [3.05, 3.63) is 0 Å². The molecule has 1 aliphatic carbocycles. The maximum Gasteiger partial charge on any atom is 0.355 e. The van der Waals surface area contributed by atoms with Gasteiger partial charge < -0.3 is 46.6 Å². The van der Waals surface area contributed by atoms with Crippen LogP contribution in [0.3, 0.4) is 0 Å². The summed E-state index contributed by atoms with van der Waals surface area (Å²) in [5, 5.41) is 64.5. The Morgan fingerprint density at radius 1 is 1.03 bits per heavy atom. The summed E-state index contributed by atoms with van der Waals surface area (Å²) >= 11 is 0. The maximum atomic E-state index is 14.8. The lowest BCUT2D eigenvalue weighted by atomic mass is 9.69. The second-order valence-electron chi connectivity index (χ2n) is 9.34. The summed E-state index contributed by atoms with van der Waals surface area (Å²) in [6.07, 6.45) is -7.36. The van der Waals surface area contributed by atoms with Crippen LogP contribution in [0.15, 0.2) is 0 Å². The van der Waals surface area contributed by atoms with Gasteiger partial charge in [-0.2, -0.15) is 8.78 Å². The first-order valence-corrected chi connectivity index (χ1v) is 11.9. The van der Waals surface area contributed by atoms with Crippen molar-refractivity contribution in [3.63, 3.8) is 0 Å². The zero-order valence-electron chi connectivity index (χ0n) is 20.9. The van der Waals surface area contributed by atoms with Gasteiger partial charge in [-0.25, -0.2) is 5.43 Å². The van der Waals surface area contributed by atoms with Crippen LogP contribution in [-0.2, 0) is 19.2 Å². The minimum atomic E-state index is -4.60. The molecule has 0 aliphatic heterocycles. The van der Waals surface area contributed by atoms with E-state index in [1.54, 1.807) is 0 Å². The van der Waals surface area contributed by atoms with Gasteiger partial charge in [0.15, 0.2) is 5.60 Å². The van der Waals surface area contributed by atoms with E-state index in [1.807, 2.05) is 5.32 Å². The largest absolute Gasteiger partial charge is 0.480 e. The van der Waals surface area contributed by atoms with Crippen LogP contribution < -0.4 is 27.2 Å². The van der Waals surface area contributed by atoms with E-state index < -0.39 is 90.6 Å². The molecule has 1 saturated carbocycles. The van der Waals surface area contributed by atoms with Gasteiger partial charge in [0.1, 0.15) is 24.3 Å². The second-order valence-corrected chi connectivity index (χ2v) is 9.34. The number of nitrogens with one attached hydrogen (secondary N) is 4. The van der Waals surface area contributed by atoms with Crippen LogP contribution in [0, 0.1) is 5.92 Å². The van der Waals surface area contributed by atoms with Crippen LogP contribution in [0.4, 0.5) is 8.78 Å². The lowest BCUT2D eigenvalue weighted by Crippen LogP contribution is -2.71. The number of hydrogen-bond donors (Lipinski definition) is 11. The van der Waals surface area contributed by atoms with Gasteiger partial charge in [-0.05, 0) is 39.5 Å². The summed E-state index contributed by atoms with van der Waals surface area (Å²) in [6, 6.07) is -3.28. The predicted molar refractivity (Wildman–Crippen MR) is 124 cm³/mol. The number of rotatable bonds is 14. The van der Waals surface area contributed by atoms with Crippen molar-refractivity contribution in [1.29, 1.82) is 0 Å². The average molecular weight is 558 g/mol. The standard InChI is InChI=1S/C21H37F2N5O10/c1-9(16(33)27-10(2)18(35)36)26-17(34)12(28-24)5-3-4-6-25-19(37)21(22,23)20(38)7-11(8-29)13(30)14(31)15(20)32/h9-15,28-32,38H,3-8,24H2,1-2H3,(H,25,37)(H,26,34)(H,27,33)(H,35,36)/t9-,10-,11+,12-,13-,14-,15+,20?/m0/s1. The Morgan fingerprint density at radius 3 is 2.13 bits per heavy atom. The van der Waals surface area contributed by atoms with Crippen LogP contribution in [0.5, 0.6) is 0 Å². The highest BCUT2D eigenvalue weighted by atomic mass is 19.3. The lowest BCUT2D eigenvalue weighted by molar-refractivity contribution is -0.277. The normalized spacial score (nSPS) is 28.1. The summed E-state index contributed by atoms with van der Waals surface area (Å²) in [5.41, 5.74) is -1.23. The quantitative estimate of drug-likeness (QED) is 0.0550. The van der Waals surface area contributed by atoms with Crippen LogP contribution in [0.1, 0.15) is 39.5 Å². The minimum Gasteiger partial charge on any atom is -0.480 e. The number of unbranched alkanes of at least 4 members (excludes halogenated alkanes) is 1. The van der Waals surface area contributed by atoms with E-state index >= 15 is 0 Å². The fraction of sp³-hybridized carbons (Fsp3) is 0.810. The van der Waals surface area contributed by atoms with E-state index in [0.717, 1.165) is 0 Å². The molecule has 15 nitrogen and oxygen atoms in total. The number of carbonyl (C=O) groups excluding carboxylic acids is 3. The number of halogens is 2. The zero-order chi connectivity index (χ0) is 29.4. The number of aliphatic hydroxyl groups is 5. The number of aliphatic carboxylic acids is 1. The first-order valence-electron chi connectivity index (χ1n) is 11.9. The molecule has 0 bridgehead atoms. The number of alkyl halides is 2. The molecule has 0 radical (unpaired) electrons. The smallest absolute Gasteiger partial charge is 0.355 e. The van der Waals surface area contributed by atoms with Gasteiger partial charge >= 0.3 is 11.9 Å². The number of amides is 3. The number of carboxylic acid groups (broad SMARTS) is 1. The molecule has 3 amide bonds. The molecule has 1 aliphatic rings. The Morgan fingerprint density at radius 2 is 1.61 bits per heavy atom. The number of nitrogens with two attached hydrogens (primary N) is 1. The summed E-state index contributed by atoms with van der Waals surface area (Å²) < 4.78 is 29.6. The summed E-state index contributed by atoms with van der Waals surface area (Å²) in [4.78, 5) is 47.3. The molecule has 220 valence electrons. The summed E-state index contributed by atoms with van der Waals surface area (Å²) in [7, 11) is 0. The average Bonchev–Trinajstić information content (AvgIpc) is 2.86. The Labute approximate surface area is 216 Å². The van der Waals surface area contributed by atoms with Gasteiger partial charge in [0.25, 0.3) is 5.91 Å². The Balaban J connectivity index is 2.59. The number of aliphatic hydroxyl groups excluding tert-OH is 4. The van der Waals surface area contributed by atoms with Crippen LogP contribution in [0.25, 0.3) is 0 Å². The van der Waals surface area contributed by atoms with Crippen molar-refractivity contribution in [2.24, 2.45) is 11.8 Å². The molecule has 0 spiro atoms. The second kappa shape index (κ2) is 14.0. The molecule has 1 rings (SSSR count). The highest BCUT2D eigenvalue weighted by Crippen LogP contribution is 2.43. The van der Waals surface area contributed by atoms with Crippen molar-refractivity contribution in [1.82, 2.24) is 21.4 Å². The molecule has 17 heteroatoms. The third-order valence-corrected chi connectivity index (χ3v) is 6.49. The minimum absolute atomic E-state index is 0.0549. The van der Waals surface area contributed by atoms with Gasteiger partial charge in [0.05, 0.1) is 12.1 Å². The highest BCUT2D eigenvalue weighted by molar-refractivity contribution is 5.91. The van der Waals surface area contributed by atoms with Crippen molar-refractivity contribution >= 4 is 23.7 Å². The molecule has 0 saturated heterocycles. The monoisotopic (exact) mass is 557 g/mol. The van der Waals surface area contributed by atoms with E-state index in [9.17, 15) is 53.5 Å². The van der Waals surface area contributed by atoms with E-state index in [4.69, 9.17) is 10.9 Å². The molecular formula is C21H37F2N5O10. The van der Waals surface area contributed by atoms with Gasteiger partial charge in [0, 0.05) is 19.1 Å². The van der Waals surface area contributed by atoms with Crippen molar-refractivity contribution in [2.75, 3.05) is 13.2 Å². The molecule has 0 aromatic carbocycles. The topological polar surface area (TPSA) is 264 Å². The third kappa shape index (κ3) is 7.75. The van der Waals surface area contributed by atoms with Gasteiger partial charge in [0.2, 0.25) is 11.8 Å². The van der Waals surface area contributed by atoms with Crippen LogP contribution in [0.2, 0.25) is 0 Å². The molecule has 12 N–H and O–H groups in total. The van der Waals surface area contributed by atoms with E-state index in [0.29, 0.717) is 0 Å². The zero-order valence-corrected chi connectivity index (χ0v) is 20.9. The van der Waals surface area contributed by atoms with E-state index in [1.165, 1.54) is 13.8 Å². The molecule has 0 aromatic heterocycles. The third-order valence-electron chi connectivity index (χ3n) is 6.49. The summed E-state index contributed by atoms with van der Waals surface area (Å²) in [5.74, 6) is -5.33. The lowest BCUT2D eigenvalue weighted by Gasteiger charge is -2.47. The Kier molecular flexibility index (Phi) is 12.4. The van der Waals surface area contributed by atoms with Crippen molar-refractivity contribution in [3.8, 4) is 0 Å². The number of hydrogen-bond acceptors (Lipinski definition) is 11. The highest BCUT2D eigenvalue weighted by Gasteiger charge is 2.67. The van der Waals surface area contributed by atoms with Crippen molar-refractivity contribution < 1.29 is 58.6 Å². The molecule has 0 heterocycles. The van der Waals surface area contributed by atoms with Crippen LogP contribution >= 0.6 is 0 Å². The van der Waals surface area contributed by atoms with Gasteiger partial charge in [-0.3, -0.25) is 25.0 Å². The molecule has 8 atom stereocenters. The number of hydrazine groups is 1. The van der Waals surface area contributed by atoms with E-state index in [-0.39, 0.29) is 25.8 Å². The van der Waals surface area contributed by atoms with Gasteiger partial charge in [-0.1, -0.05) is 0 Å². The van der Waals surface area contributed by atoms with Crippen molar-refractivity contribution in [2.45, 2.75) is 87.5 Å². The SMILES string of the molecule is C[C@H](NC(=O)[C@H](C)NC(=O)[C@H](CCCCNC(=O)C(F)(F)C1(O)C[C@H](CO)[C@H](O)[C@H](O)[C@H]1O)NN)C(=O)O. The van der Waals surface area contributed by atoms with E-state index in [2.05, 4.69) is 16.1 Å². The number of carbonyl (C=O) groups is 4. The summed E-state index contributed by atoms with van der Waals surface area (Å²) in [6.45, 7) is 1.34. The number of carboxylic acids is 1. The predicted octanol–water partition coefficient (Wildman–Crippen LogP) is -4.34. The Hall–Kier alpha value is -2.54. The molecule has 1 fully saturated rings. The van der Waals surface area contributed by atoms with Crippen LogP contribution in [-0.4, -0.2) is 115 Å². The molecule has 38 heavy (non-hydrogen) atoms. The Bertz CT molecular complexity index is 851. The maximum absolute atomic E-state index is 14.8.